The first-order valence-corrected chi connectivity index (χ1v) is 11.0. The largest absolute Gasteiger partial charge is 0.384 e. The predicted octanol–water partition coefficient (Wildman–Crippen LogP) is 5.76. The first-order valence-electron chi connectivity index (χ1n) is 11.0. The number of nitrogens with two attached hydrogens (primary N) is 1. The lowest BCUT2D eigenvalue weighted by molar-refractivity contribution is -0.116. The fourth-order valence-electron chi connectivity index (χ4n) is 5.23. The lowest BCUT2D eigenvalue weighted by atomic mass is 9.74. The van der Waals surface area contributed by atoms with E-state index in [1.807, 2.05) is 55.1 Å². The number of carbonyl (C=O) groups is 1. The Morgan fingerprint density at radius 2 is 1.81 bits per heavy atom. The van der Waals surface area contributed by atoms with E-state index in [4.69, 9.17) is 5.73 Å². The minimum Gasteiger partial charge on any atom is -0.384 e. The molecule has 4 nitrogen and oxygen atoms in total. The van der Waals surface area contributed by atoms with Crippen LogP contribution >= 0.6 is 0 Å². The van der Waals surface area contributed by atoms with Gasteiger partial charge in [0, 0.05) is 23.1 Å². The molecule has 158 valence electrons. The van der Waals surface area contributed by atoms with E-state index in [-0.39, 0.29) is 5.78 Å². The van der Waals surface area contributed by atoms with Crippen LogP contribution in [0.15, 0.2) is 83.3 Å². The van der Waals surface area contributed by atoms with Gasteiger partial charge in [-0.1, -0.05) is 60.2 Å². The molecule has 0 bridgehead atoms. The number of allylic oxidation sites excluding steroid dienone is 3. The highest BCUT2D eigenvalue weighted by molar-refractivity contribution is 6.03. The van der Waals surface area contributed by atoms with E-state index in [0.29, 0.717) is 17.8 Å². The molecule has 0 amide bonds. The van der Waals surface area contributed by atoms with Crippen molar-refractivity contribution in [2.75, 3.05) is 4.90 Å². The van der Waals surface area contributed by atoms with Crippen LogP contribution in [-0.2, 0) is 4.79 Å². The predicted molar refractivity (Wildman–Crippen MR) is 128 cm³/mol. The number of benzene rings is 3. The molecule has 0 fully saturated rings. The van der Waals surface area contributed by atoms with Gasteiger partial charge in [-0.3, -0.25) is 9.69 Å². The topological polar surface area (TPSA) is 70.1 Å². The molecule has 32 heavy (non-hydrogen) atoms. The normalized spacial score (nSPS) is 18.7. The molecular formula is C28H25N3O. The first-order chi connectivity index (χ1) is 15.5. The highest BCUT2D eigenvalue weighted by atomic mass is 16.1. The van der Waals surface area contributed by atoms with Gasteiger partial charge < -0.3 is 5.73 Å². The van der Waals surface area contributed by atoms with E-state index in [1.54, 1.807) is 0 Å². The number of nitrogens with zero attached hydrogens (tertiary/aromatic N) is 2. The number of fused-ring (bicyclic) bond motifs is 1. The summed E-state index contributed by atoms with van der Waals surface area (Å²) in [5.41, 5.74) is 13.0. The van der Waals surface area contributed by atoms with Gasteiger partial charge in [0.2, 0.25) is 0 Å². The Kier molecular flexibility index (Phi) is 4.83. The zero-order valence-electron chi connectivity index (χ0n) is 18.4. The lowest BCUT2D eigenvalue weighted by Gasteiger charge is -2.40. The van der Waals surface area contributed by atoms with E-state index in [1.165, 1.54) is 0 Å². The van der Waals surface area contributed by atoms with Crippen LogP contribution in [0.5, 0.6) is 0 Å². The van der Waals surface area contributed by atoms with Crippen molar-refractivity contribution in [1.29, 1.82) is 5.26 Å². The summed E-state index contributed by atoms with van der Waals surface area (Å²) in [5, 5.41) is 12.4. The third-order valence-electron chi connectivity index (χ3n) is 6.66. The average molecular weight is 420 g/mol. The fourth-order valence-corrected chi connectivity index (χ4v) is 5.23. The number of nitriles is 1. The second-order valence-corrected chi connectivity index (χ2v) is 8.67. The van der Waals surface area contributed by atoms with Crippen molar-refractivity contribution in [1.82, 2.24) is 0 Å². The molecule has 4 heteroatoms. The quantitative estimate of drug-likeness (QED) is 0.573. The molecule has 1 aliphatic carbocycles. The summed E-state index contributed by atoms with van der Waals surface area (Å²) in [4.78, 5) is 15.3. The minimum absolute atomic E-state index is 0.113. The molecule has 0 saturated heterocycles. The summed E-state index contributed by atoms with van der Waals surface area (Å²) < 4.78 is 0. The molecule has 2 N–H and O–H groups in total. The highest BCUT2D eigenvalue weighted by Crippen LogP contribution is 2.47. The Morgan fingerprint density at radius 1 is 1.03 bits per heavy atom. The molecule has 0 spiro atoms. The van der Waals surface area contributed by atoms with E-state index < -0.39 is 5.92 Å². The van der Waals surface area contributed by atoms with Crippen LogP contribution in [0.25, 0.3) is 10.8 Å². The van der Waals surface area contributed by atoms with Crippen molar-refractivity contribution in [3.05, 3.63) is 100 Å². The Morgan fingerprint density at radius 3 is 2.59 bits per heavy atom. The van der Waals surface area contributed by atoms with Crippen molar-refractivity contribution in [2.45, 2.75) is 39.0 Å². The van der Waals surface area contributed by atoms with Gasteiger partial charge in [-0.2, -0.15) is 5.26 Å². The van der Waals surface area contributed by atoms with E-state index >= 15 is 0 Å². The summed E-state index contributed by atoms with van der Waals surface area (Å²) >= 11 is 0. The number of carbonyl (C=O) groups excluding carboxylic acids is 1. The fraction of sp³-hybridized carbons (Fsp3) is 0.214. The van der Waals surface area contributed by atoms with Gasteiger partial charge in [-0.05, 0) is 49.3 Å². The number of anilines is 1. The zero-order valence-corrected chi connectivity index (χ0v) is 18.4. The van der Waals surface area contributed by atoms with Crippen LogP contribution in [-0.4, -0.2) is 5.78 Å². The number of hydrogen-bond acceptors (Lipinski definition) is 4. The Balaban J connectivity index is 1.81. The molecule has 0 radical (unpaired) electrons. The third kappa shape index (κ3) is 3.01. The summed E-state index contributed by atoms with van der Waals surface area (Å²) in [6.07, 6.45) is 2.04. The average Bonchev–Trinajstić information content (AvgIpc) is 2.79. The standard InChI is InChI=1S/C28H25N3O/c1-17-13-14-20(18(2)15-17)26-22(16-29)28(30)31(24-11-6-12-25(32)27(24)26)23-10-5-8-19-7-3-4-9-21(19)23/h3-5,7-10,13-15,26H,6,11-12,30H2,1-2H3. The number of rotatable bonds is 2. The smallest absolute Gasteiger partial charge is 0.161 e. The van der Waals surface area contributed by atoms with Gasteiger partial charge in [-0.15, -0.1) is 0 Å². The van der Waals surface area contributed by atoms with Gasteiger partial charge in [-0.25, -0.2) is 0 Å². The van der Waals surface area contributed by atoms with Crippen LogP contribution in [0.3, 0.4) is 0 Å². The highest BCUT2D eigenvalue weighted by Gasteiger charge is 2.41. The Bertz CT molecular complexity index is 1370. The van der Waals surface area contributed by atoms with Crippen molar-refractivity contribution in [2.24, 2.45) is 5.73 Å². The first kappa shape index (κ1) is 20.1. The van der Waals surface area contributed by atoms with Crippen LogP contribution in [0, 0.1) is 25.2 Å². The van der Waals surface area contributed by atoms with Crippen molar-refractivity contribution in [3.8, 4) is 6.07 Å². The van der Waals surface area contributed by atoms with Crippen LogP contribution < -0.4 is 10.6 Å². The zero-order chi connectivity index (χ0) is 22.4. The van der Waals surface area contributed by atoms with E-state index in [0.717, 1.165) is 57.3 Å². The summed E-state index contributed by atoms with van der Waals surface area (Å²) in [5.74, 6) is 0.110. The minimum atomic E-state index is -0.422. The monoisotopic (exact) mass is 419 g/mol. The van der Waals surface area contributed by atoms with Crippen molar-refractivity contribution >= 4 is 22.2 Å². The van der Waals surface area contributed by atoms with Crippen LogP contribution in [0.4, 0.5) is 5.69 Å². The van der Waals surface area contributed by atoms with Crippen LogP contribution in [0.2, 0.25) is 0 Å². The second kappa shape index (κ2) is 7.69. The molecule has 0 aromatic heterocycles. The molecular weight excluding hydrogens is 394 g/mol. The number of ketones is 1. The summed E-state index contributed by atoms with van der Waals surface area (Å²) in [6.45, 7) is 4.09. The van der Waals surface area contributed by atoms with Gasteiger partial charge >= 0.3 is 0 Å². The van der Waals surface area contributed by atoms with E-state index in [9.17, 15) is 10.1 Å². The second-order valence-electron chi connectivity index (χ2n) is 8.67. The molecule has 1 aliphatic heterocycles. The van der Waals surface area contributed by atoms with Gasteiger partial charge in [0.15, 0.2) is 5.78 Å². The maximum atomic E-state index is 13.3. The SMILES string of the molecule is Cc1ccc(C2C(C#N)=C(N)N(c3cccc4ccccc34)C3=C2C(=O)CCC3)c(C)c1. The van der Waals surface area contributed by atoms with Crippen molar-refractivity contribution < 1.29 is 4.79 Å². The Labute approximate surface area is 188 Å². The molecule has 0 saturated carbocycles. The lowest BCUT2D eigenvalue weighted by Crippen LogP contribution is -2.39. The number of aryl methyl sites for hydroxylation is 2. The van der Waals surface area contributed by atoms with Crippen LogP contribution in [0.1, 0.15) is 41.9 Å². The van der Waals surface area contributed by atoms with Crippen molar-refractivity contribution in [3.63, 3.8) is 0 Å². The maximum Gasteiger partial charge on any atom is 0.161 e. The summed E-state index contributed by atoms with van der Waals surface area (Å²) in [7, 11) is 0. The summed E-state index contributed by atoms with van der Waals surface area (Å²) in [6, 6.07) is 22.8. The van der Waals surface area contributed by atoms with E-state index in [2.05, 4.69) is 30.3 Å². The molecule has 3 aromatic rings. The third-order valence-corrected chi connectivity index (χ3v) is 6.66. The molecule has 1 atom stereocenters. The molecule has 2 aliphatic rings. The molecule has 5 rings (SSSR count). The van der Waals surface area contributed by atoms with Gasteiger partial charge in [0.25, 0.3) is 0 Å². The maximum absolute atomic E-state index is 13.3. The Hall–Kier alpha value is -3.84. The van der Waals surface area contributed by atoms with Gasteiger partial charge in [0.05, 0.1) is 23.2 Å². The number of hydrogen-bond donors (Lipinski definition) is 1. The van der Waals surface area contributed by atoms with Gasteiger partial charge in [0.1, 0.15) is 5.82 Å². The number of Topliss-reactive ketones (excluding diaryl/α,β-unsaturated/α-hetero) is 1. The molecule has 1 heterocycles. The molecule has 1 unspecified atom stereocenters. The molecule has 3 aromatic carbocycles.